The number of carbonyl (C=O) groups is 2. The third-order valence-electron chi connectivity index (χ3n) is 4.76. The number of benzene rings is 2. The third-order valence-corrected chi connectivity index (χ3v) is 7.42. The van der Waals surface area contributed by atoms with Crippen LogP contribution in [0.3, 0.4) is 0 Å². The highest BCUT2D eigenvalue weighted by Gasteiger charge is 2.41. The zero-order valence-corrected chi connectivity index (χ0v) is 18.1. The van der Waals surface area contributed by atoms with Crippen molar-refractivity contribution >= 4 is 44.5 Å². The number of Topliss-reactive ketones (excluding diaryl/α,β-unsaturated/α-hetero) is 1. The highest BCUT2D eigenvalue weighted by molar-refractivity contribution is 7.97. The van der Waals surface area contributed by atoms with Crippen LogP contribution < -0.4 is 9.62 Å². The number of hydrogen-bond donors (Lipinski definition) is 1. The van der Waals surface area contributed by atoms with Gasteiger partial charge in [0.25, 0.3) is 10.0 Å². The van der Waals surface area contributed by atoms with Gasteiger partial charge in [0.05, 0.1) is 24.9 Å². The summed E-state index contributed by atoms with van der Waals surface area (Å²) < 4.78 is 32.6. The van der Waals surface area contributed by atoms with Gasteiger partial charge in [-0.25, -0.2) is 13.2 Å². The number of sulfonamides is 1. The first-order valence-electron chi connectivity index (χ1n) is 9.26. The maximum atomic E-state index is 13.3. The highest BCUT2D eigenvalue weighted by atomic mass is 32.2. The van der Waals surface area contributed by atoms with E-state index < -0.39 is 21.8 Å². The van der Waals surface area contributed by atoms with E-state index in [1.165, 1.54) is 29.0 Å². The van der Waals surface area contributed by atoms with Crippen molar-refractivity contribution in [1.29, 1.82) is 0 Å². The van der Waals surface area contributed by atoms with Crippen LogP contribution in [0.1, 0.15) is 25.6 Å². The first-order valence-corrected chi connectivity index (χ1v) is 11.6. The Hall–Kier alpha value is -3.43. The average molecular weight is 455 g/mol. The molecule has 4 rings (SSSR count). The van der Waals surface area contributed by atoms with Crippen molar-refractivity contribution in [3.05, 3.63) is 93.2 Å². The number of carbonyl (C=O) groups excluding carboxylic acids is 2. The predicted octanol–water partition coefficient (Wildman–Crippen LogP) is 4.02. The molecular formula is C22H18N2O5S2. The largest absolute Gasteiger partial charge is 0.465 e. The second-order valence-electron chi connectivity index (χ2n) is 6.68. The maximum Gasteiger partial charge on any atom is 0.337 e. The summed E-state index contributed by atoms with van der Waals surface area (Å²) in [6, 6.07) is 17.1. The molecule has 31 heavy (non-hydrogen) atoms. The molecule has 1 aromatic heterocycles. The molecule has 0 atom stereocenters. The Morgan fingerprint density at radius 1 is 1.10 bits per heavy atom. The molecule has 0 radical (unpaired) electrons. The van der Waals surface area contributed by atoms with E-state index in [0.717, 1.165) is 5.56 Å². The number of methoxy groups -OCH3 is 1. The Labute approximate surface area is 183 Å². The van der Waals surface area contributed by atoms with Crippen LogP contribution in [0.2, 0.25) is 0 Å². The van der Waals surface area contributed by atoms with E-state index >= 15 is 0 Å². The minimum Gasteiger partial charge on any atom is -0.465 e. The molecule has 1 N–H and O–H groups in total. The fourth-order valence-corrected chi connectivity index (χ4v) is 5.66. The molecule has 1 aliphatic rings. The zero-order valence-electron chi connectivity index (χ0n) is 16.4. The van der Waals surface area contributed by atoms with Gasteiger partial charge in [0.2, 0.25) is 5.78 Å². The first-order chi connectivity index (χ1) is 14.9. The summed E-state index contributed by atoms with van der Waals surface area (Å²) in [5, 5.41) is 4.56. The summed E-state index contributed by atoms with van der Waals surface area (Å²) in [5.74, 6) is -1.02. The van der Waals surface area contributed by atoms with Crippen molar-refractivity contribution in [2.24, 2.45) is 0 Å². The Balaban J connectivity index is 1.67. The van der Waals surface area contributed by atoms with E-state index in [0.29, 0.717) is 21.8 Å². The molecule has 3 aromatic rings. The number of esters is 1. The van der Waals surface area contributed by atoms with E-state index in [2.05, 4.69) is 10.1 Å². The van der Waals surface area contributed by atoms with Crippen molar-refractivity contribution in [2.75, 3.05) is 16.7 Å². The zero-order chi connectivity index (χ0) is 22.0. The molecule has 0 bridgehead atoms. The monoisotopic (exact) mass is 454 g/mol. The number of thiophene rings is 1. The molecule has 0 saturated heterocycles. The van der Waals surface area contributed by atoms with Gasteiger partial charge in [0.15, 0.2) is 4.91 Å². The van der Waals surface area contributed by atoms with Crippen molar-refractivity contribution in [2.45, 2.75) is 6.54 Å². The van der Waals surface area contributed by atoms with Gasteiger partial charge in [0.1, 0.15) is 4.88 Å². The smallest absolute Gasteiger partial charge is 0.337 e. The Kier molecular flexibility index (Phi) is 5.62. The molecule has 0 spiro atoms. The quantitative estimate of drug-likeness (QED) is 0.462. The van der Waals surface area contributed by atoms with Gasteiger partial charge in [-0.05, 0) is 41.3 Å². The van der Waals surface area contributed by atoms with Crippen LogP contribution in [0.25, 0.3) is 0 Å². The highest BCUT2D eigenvalue weighted by Crippen LogP contribution is 2.39. The molecule has 2 aromatic carbocycles. The number of nitrogens with zero attached hydrogens (tertiary/aromatic N) is 1. The van der Waals surface area contributed by atoms with Gasteiger partial charge in [0, 0.05) is 11.9 Å². The van der Waals surface area contributed by atoms with Gasteiger partial charge in [-0.1, -0.05) is 30.3 Å². The van der Waals surface area contributed by atoms with Crippen LogP contribution in [-0.2, 0) is 21.3 Å². The van der Waals surface area contributed by atoms with Crippen LogP contribution in [-0.4, -0.2) is 27.3 Å². The number of hydrogen-bond acceptors (Lipinski definition) is 7. The van der Waals surface area contributed by atoms with Crippen LogP contribution in [0.15, 0.2) is 77.1 Å². The summed E-state index contributed by atoms with van der Waals surface area (Å²) in [7, 11) is -2.79. The molecule has 9 heteroatoms. The van der Waals surface area contributed by atoms with Crippen molar-refractivity contribution < 1.29 is 22.7 Å². The molecule has 0 unspecified atom stereocenters. The van der Waals surface area contributed by atoms with Gasteiger partial charge < -0.3 is 10.1 Å². The fraction of sp³-hybridized carbons (Fsp3) is 0.0909. The number of rotatable bonds is 5. The number of anilines is 2. The molecule has 158 valence electrons. The molecular weight excluding hydrogens is 436 g/mol. The third kappa shape index (κ3) is 3.97. The van der Waals surface area contributed by atoms with E-state index in [4.69, 9.17) is 0 Å². The Morgan fingerprint density at radius 3 is 2.48 bits per heavy atom. The lowest BCUT2D eigenvalue weighted by Crippen LogP contribution is -2.38. The SMILES string of the molecule is COC(=O)c1ccc(NC=C2C(=O)c3sccc3N(Cc3ccccc3)S2(=O)=O)cc1. The molecule has 0 saturated carbocycles. The summed E-state index contributed by atoms with van der Waals surface area (Å²) in [5.41, 5.74) is 2.08. The number of nitrogens with one attached hydrogen (secondary N) is 1. The minimum absolute atomic E-state index is 0.116. The van der Waals surface area contributed by atoms with Crippen LogP contribution >= 0.6 is 11.3 Å². The molecule has 1 aliphatic heterocycles. The second kappa shape index (κ2) is 8.37. The van der Waals surface area contributed by atoms with Gasteiger partial charge >= 0.3 is 5.97 Å². The van der Waals surface area contributed by atoms with E-state index in [1.807, 2.05) is 30.3 Å². The lowest BCUT2D eigenvalue weighted by Gasteiger charge is -2.29. The molecule has 0 amide bonds. The van der Waals surface area contributed by atoms with Crippen molar-refractivity contribution in [3.8, 4) is 0 Å². The Bertz CT molecular complexity index is 1260. The normalized spacial score (nSPS) is 16.1. The van der Waals surface area contributed by atoms with Gasteiger partial charge in [-0.2, -0.15) is 0 Å². The minimum atomic E-state index is -4.08. The van der Waals surface area contributed by atoms with Gasteiger partial charge in [-0.15, -0.1) is 11.3 Å². The van der Waals surface area contributed by atoms with E-state index in [-0.39, 0.29) is 11.4 Å². The van der Waals surface area contributed by atoms with E-state index in [1.54, 1.807) is 35.7 Å². The number of ether oxygens (including phenoxy) is 1. The van der Waals surface area contributed by atoms with Crippen LogP contribution in [0.5, 0.6) is 0 Å². The summed E-state index contributed by atoms with van der Waals surface area (Å²) in [6.07, 6.45) is 1.20. The number of fused-ring (bicyclic) bond motifs is 1. The van der Waals surface area contributed by atoms with Crippen molar-refractivity contribution in [3.63, 3.8) is 0 Å². The van der Waals surface area contributed by atoms with Crippen molar-refractivity contribution in [1.82, 2.24) is 0 Å². The van der Waals surface area contributed by atoms with Crippen LogP contribution in [0, 0.1) is 0 Å². The summed E-state index contributed by atoms with van der Waals surface area (Å²) >= 11 is 1.21. The fourth-order valence-electron chi connectivity index (χ4n) is 3.17. The molecule has 7 nitrogen and oxygen atoms in total. The second-order valence-corrected chi connectivity index (χ2v) is 9.43. The number of ketones is 1. The first kappa shape index (κ1) is 20.8. The predicted molar refractivity (Wildman–Crippen MR) is 120 cm³/mol. The van der Waals surface area contributed by atoms with Crippen LogP contribution in [0.4, 0.5) is 11.4 Å². The lowest BCUT2D eigenvalue weighted by atomic mass is 10.2. The molecule has 0 aliphatic carbocycles. The topological polar surface area (TPSA) is 92.8 Å². The average Bonchev–Trinajstić information content (AvgIpc) is 3.27. The van der Waals surface area contributed by atoms with E-state index in [9.17, 15) is 18.0 Å². The Morgan fingerprint density at radius 2 is 1.81 bits per heavy atom. The number of allylic oxidation sites excluding steroid dienone is 1. The maximum absolute atomic E-state index is 13.3. The standard InChI is InChI=1S/C22H18N2O5S2/c1-29-22(26)16-7-9-17(10-8-16)23-13-19-20(25)21-18(11-12-30-21)24(31(19,27)28)14-15-5-3-2-4-6-15/h2-13,23H,14H2,1H3. The summed E-state index contributed by atoms with van der Waals surface area (Å²) in [4.78, 5) is 24.5. The van der Waals surface area contributed by atoms with Gasteiger partial charge in [-0.3, -0.25) is 9.10 Å². The summed E-state index contributed by atoms with van der Waals surface area (Å²) in [6.45, 7) is 0.116. The molecule has 0 fully saturated rings. The molecule has 2 heterocycles. The lowest BCUT2D eigenvalue weighted by molar-refractivity contribution is 0.0600.